The van der Waals surface area contributed by atoms with Crippen LogP contribution in [0.3, 0.4) is 0 Å². The minimum atomic E-state index is -0.483. The number of nitrogens with zero attached hydrogens (tertiary/aromatic N) is 3. The first-order valence-electron chi connectivity index (χ1n) is 3.70. The molecule has 2 rings (SSSR count). The minimum Gasteiger partial charge on any atom is -0.383 e. The number of rotatable bonds is 1. The highest BCUT2D eigenvalue weighted by Crippen LogP contribution is 2.14. The molecule has 2 aromatic heterocycles. The highest BCUT2D eigenvalue weighted by Gasteiger charge is 2.07. The Labute approximate surface area is 73.4 Å². The maximum Gasteiger partial charge on any atom is 0.195 e. The van der Waals surface area contributed by atoms with Gasteiger partial charge in [0.15, 0.2) is 11.5 Å². The second kappa shape index (κ2) is 2.58. The Morgan fingerprint density at radius 2 is 2.38 bits per heavy atom. The van der Waals surface area contributed by atoms with E-state index in [2.05, 4.69) is 15.4 Å². The van der Waals surface area contributed by atoms with Gasteiger partial charge in [0, 0.05) is 13.1 Å². The van der Waals surface area contributed by atoms with Gasteiger partial charge in [0.05, 0.1) is 6.20 Å². The number of anilines is 2. The first kappa shape index (κ1) is 7.78. The summed E-state index contributed by atoms with van der Waals surface area (Å²) in [7, 11) is 1.69. The zero-order chi connectivity index (χ0) is 9.42. The van der Waals surface area contributed by atoms with Crippen LogP contribution in [0.15, 0.2) is 12.3 Å². The normalized spacial score (nSPS) is 10.6. The van der Waals surface area contributed by atoms with E-state index in [0.717, 1.165) is 6.20 Å². The van der Waals surface area contributed by atoms with Crippen LogP contribution in [0.1, 0.15) is 0 Å². The molecule has 0 saturated heterocycles. The third-order valence-electron chi connectivity index (χ3n) is 1.71. The monoisotopic (exact) mass is 181 g/mol. The van der Waals surface area contributed by atoms with Gasteiger partial charge in [-0.15, -0.1) is 0 Å². The summed E-state index contributed by atoms with van der Waals surface area (Å²) < 4.78 is 14.3. The summed E-state index contributed by atoms with van der Waals surface area (Å²) in [4.78, 5) is 3.95. The Morgan fingerprint density at radius 1 is 1.62 bits per heavy atom. The van der Waals surface area contributed by atoms with Crippen LogP contribution in [0.5, 0.6) is 0 Å². The molecule has 0 amide bonds. The van der Waals surface area contributed by atoms with Gasteiger partial charge < -0.3 is 11.1 Å². The Morgan fingerprint density at radius 3 is 3.08 bits per heavy atom. The van der Waals surface area contributed by atoms with Crippen molar-refractivity contribution in [2.45, 2.75) is 0 Å². The predicted octanol–water partition coefficient (Wildman–Crippen LogP) is 0.492. The number of nitrogen functional groups attached to an aromatic ring is 1. The van der Waals surface area contributed by atoms with Crippen LogP contribution < -0.4 is 11.1 Å². The third kappa shape index (κ3) is 1.07. The molecule has 0 bridgehead atoms. The van der Waals surface area contributed by atoms with Gasteiger partial charge in [-0.05, 0) is 0 Å². The van der Waals surface area contributed by atoms with Gasteiger partial charge in [-0.1, -0.05) is 0 Å². The summed E-state index contributed by atoms with van der Waals surface area (Å²) in [5.74, 6) is 0.381. The largest absolute Gasteiger partial charge is 0.383 e. The number of halogens is 1. The highest BCUT2D eigenvalue weighted by atomic mass is 19.1. The molecule has 0 atom stereocenters. The smallest absolute Gasteiger partial charge is 0.195 e. The number of hydrogen-bond acceptors (Lipinski definition) is 4. The molecule has 68 valence electrons. The fourth-order valence-corrected chi connectivity index (χ4v) is 1.09. The number of aromatic nitrogens is 3. The molecular weight excluding hydrogens is 173 g/mol. The Balaban J connectivity index is 2.80. The quantitative estimate of drug-likeness (QED) is 0.671. The zero-order valence-corrected chi connectivity index (χ0v) is 6.95. The fraction of sp³-hybridized carbons (Fsp3) is 0.143. The molecule has 3 N–H and O–H groups in total. The van der Waals surface area contributed by atoms with Crippen LogP contribution in [-0.2, 0) is 0 Å². The lowest BCUT2D eigenvalue weighted by Crippen LogP contribution is -2.03. The maximum atomic E-state index is 13.0. The molecule has 0 aliphatic rings. The van der Waals surface area contributed by atoms with Crippen LogP contribution in [0.2, 0.25) is 0 Å². The maximum absolute atomic E-state index is 13.0. The van der Waals surface area contributed by atoms with Crippen molar-refractivity contribution in [1.29, 1.82) is 0 Å². The first-order chi connectivity index (χ1) is 6.22. The van der Waals surface area contributed by atoms with Gasteiger partial charge >= 0.3 is 0 Å². The summed E-state index contributed by atoms with van der Waals surface area (Å²) in [5.41, 5.74) is 5.73. The van der Waals surface area contributed by atoms with Crippen molar-refractivity contribution in [2.75, 3.05) is 18.1 Å². The van der Waals surface area contributed by atoms with E-state index in [1.54, 1.807) is 13.1 Å². The Bertz CT molecular complexity index is 449. The molecule has 0 saturated carbocycles. The van der Waals surface area contributed by atoms with Crippen LogP contribution >= 0.6 is 0 Å². The third-order valence-corrected chi connectivity index (χ3v) is 1.71. The van der Waals surface area contributed by atoms with Crippen molar-refractivity contribution in [1.82, 2.24) is 14.6 Å². The molecule has 0 spiro atoms. The van der Waals surface area contributed by atoms with Gasteiger partial charge in [0.25, 0.3) is 0 Å². The van der Waals surface area contributed by atoms with Crippen LogP contribution in [0.4, 0.5) is 16.0 Å². The standard InChI is InChI=1S/C7H8FN5/c1-10-6-2-5(9)13-7(12-6)4(8)3-11-13/h2-3H,9H2,1H3,(H,10,12). The topological polar surface area (TPSA) is 68.2 Å². The molecular formula is C7H8FN5. The van der Waals surface area contributed by atoms with Gasteiger partial charge in [-0.25, -0.2) is 9.37 Å². The molecule has 0 unspecified atom stereocenters. The van der Waals surface area contributed by atoms with Gasteiger partial charge in [-0.3, -0.25) is 0 Å². The SMILES string of the molecule is CNc1cc(N)n2ncc(F)c2n1. The van der Waals surface area contributed by atoms with Crippen LogP contribution in [0, 0.1) is 5.82 Å². The van der Waals surface area contributed by atoms with Gasteiger partial charge in [0.1, 0.15) is 11.6 Å². The van der Waals surface area contributed by atoms with Crippen molar-refractivity contribution in [2.24, 2.45) is 0 Å². The molecule has 6 heteroatoms. The molecule has 0 aromatic carbocycles. The van der Waals surface area contributed by atoms with E-state index in [9.17, 15) is 4.39 Å². The molecule has 2 aromatic rings. The lowest BCUT2D eigenvalue weighted by atomic mass is 10.5. The summed E-state index contributed by atoms with van der Waals surface area (Å²) in [6.07, 6.45) is 1.08. The number of hydrogen-bond donors (Lipinski definition) is 2. The van der Waals surface area contributed by atoms with Crippen LogP contribution in [0.25, 0.3) is 5.65 Å². The zero-order valence-electron chi connectivity index (χ0n) is 6.95. The van der Waals surface area contributed by atoms with Crippen LogP contribution in [-0.4, -0.2) is 21.6 Å². The average Bonchev–Trinajstić information content (AvgIpc) is 2.48. The van der Waals surface area contributed by atoms with Crippen molar-refractivity contribution in [3.63, 3.8) is 0 Å². The van der Waals surface area contributed by atoms with Gasteiger partial charge in [0.2, 0.25) is 0 Å². The Kier molecular flexibility index (Phi) is 1.54. The number of nitrogens with one attached hydrogen (secondary N) is 1. The second-order valence-electron chi connectivity index (χ2n) is 2.54. The Hall–Kier alpha value is -1.85. The lowest BCUT2D eigenvalue weighted by molar-refractivity contribution is 0.636. The first-order valence-corrected chi connectivity index (χ1v) is 3.70. The van der Waals surface area contributed by atoms with E-state index in [1.165, 1.54) is 4.52 Å². The highest BCUT2D eigenvalue weighted by molar-refractivity contribution is 5.55. The van der Waals surface area contributed by atoms with E-state index >= 15 is 0 Å². The van der Waals surface area contributed by atoms with Crippen molar-refractivity contribution in [3.05, 3.63) is 18.1 Å². The average molecular weight is 181 g/mol. The van der Waals surface area contributed by atoms with Crippen molar-refractivity contribution >= 4 is 17.3 Å². The van der Waals surface area contributed by atoms with E-state index in [4.69, 9.17) is 5.73 Å². The summed E-state index contributed by atoms with van der Waals surface area (Å²) in [5, 5.41) is 6.50. The molecule has 0 radical (unpaired) electrons. The molecule has 0 aliphatic carbocycles. The van der Waals surface area contributed by atoms with Gasteiger partial charge in [-0.2, -0.15) is 9.61 Å². The van der Waals surface area contributed by atoms with E-state index in [0.29, 0.717) is 11.6 Å². The summed E-state index contributed by atoms with van der Waals surface area (Å²) >= 11 is 0. The van der Waals surface area contributed by atoms with E-state index < -0.39 is 5.82 Å². The predicted molar refractivity (Wildman–Crippen MR) is 46.9 cm³/mol. The summed E-state index contributed by atoms with van der Waals surface area (Å²) in [6, 6.07) is 1.58. The summed E-state index contributed by atoms with van der Waals surface area (Å²) in [6.45, 7) is 0. The van der Waals surface area contributed by atoms with E-state index in [-0.39, 0.29) is 5.65 Å². The molecule has 2 heterocycles. The molecule has 0 aliphatic heterocycles. The molecule has 0 fully saturated rings. The fourth-order valence-electron chi connectivity index (χ4n) is 1.09. The van der Waals surface area contributed by atoms with Crippen molar-refractivity contribution < 1.29 is 4.39 Å². The lowest BCUT2D eigenvalue weighted by Gasteiger charge is -2.02. The minimum absolute atomic E-state index is 0.129. The number of fused-ring (bicyclic) bond motifs is 1. The van der Waals surface area contributed by atoms with E-state index in [1.807, 2.05) is 0 Å². The molecule has 5 nitrogen and oxygen atoms in total. The number of nitrogens with two attached hydrogens (primary N) is 1. The molecule has 13 heavy (non-hydrogen) atoms. The second-order valence-corrected chi connectivity index (χ2v) is 2.54. The van der Waals surface area contributed by atoms with Crippen molar-refractivity contribution in [3.8, 4) is 0 Å².